The quantitative estimate of drug-likeness (QED) is 0.324. The molecular formula is C29H32Cl2N2O2. The molecule has 0 heterocycles. The third kappa shape index (κ3) is 7.09. The van der Waals surface area contributed by atoms with Crippen molar-refractivity contribution in [3.05, 3.63) is 106 Å². The van der Waals surface area contributed by atoms with Crippen LogP contribution in [0.1, 0.15) is 56.2 Å². The third-order valence-electron chi connectivity index (χ3n) is 5.99. The molecule has 184 valence electrons. The highest BCUT2D eigenvalue weighted by Crippen LogP contribution is 2.31. The van der Waals surface area contributed by atoms with E-state index in [2.05, 4.69) is 5.32 Å². The molecule has 0 saturated heterocycles. The summed E-state index contributed by atoms with van der Waals surface area (Å²) in [4.78, 5) is 28.8. The summed E-state index contributed by atoms with van der Waals surface area (Å²) >= 11 is 12.9. The van der Waals surface area contributed by atoms with Gasteiger partial charge in [0.15, 0.2) is 0 Å². The molecule has 0 fully saturated rings. The molecule has 0 aromatic heterocycles. The normalized spacial score (nSPS) is 12.0. The van der Waals surface area contributed by atoms with Crippen molar-refractivity contribution in [1.29, 1.82) is 0 Å². The number of carbonyl (C=O) groups is 2. The first-order chi connectivity index (χ1) is 16.8. The molecule has 1 N–H and O–H groups in total. The maximum Gasteiger partial charge on any atom is 0.243 e. The number of amides is 2. The first kappa shape index (κ1) is 26.8. The SMILES string of the molecule is CCC(C(=O)NC(C)C)N(Cc1c(Cl)cccc1Cl)C(=O)CC(c1ccccc1)c1ccccc1. The van der Waals surface area contributed by atoms with E-state index in [-0.39, 0.29) is 36.7 Å². The predicted molar refractivity (Wildman–Crippen MR) is 144 cm³/mol. The van der Waals surface area contributed by atoms with Crippen molar-refractivity contribution in [1.82, 2.24) is 10.2 Å². The average Bonchev–Trinajstić information content (AvgIpc) is 2.84. The molecule has 4 nitrogen and oxygen atoms in total. The van der Waals surface area contributed by atoms with Crippen molar-refractivity contribution in [3.8, 4) is 0 Å². The maximum atomic E-state index is 14.0. The Morgan fingerprint density at radius 2 is 1.34 bits per heavy atom. The van der Waals surface area contributed by atoms with Crippen LogP contribution < -0.4 is 5.32 Å². The lowest BCUT2D eigenvalue weighted by molar-refractivity contribution is -0.141. The smallest absolute Gasteiger partial charge is 0.243 e. The molecule has 3 aromatic rings. The summed E-state index contributed by atoms with van der Waals surface area (Å²) in [6, 6.07) is 24.5. The molecule has 0 bridgehead atoms. The number of hydrogen-bond donors (Lipinski definition) is 1. The minimum atomic E-state index is -0.649. The summed E-state index contributed by atoms with van der Waals surface area (Å²) in [5.41, 5.74) is 2.72. The van der Waals surface area contributed by atoms with Crippen molar-refractivity contribution in [3.63, 3.8) is 0 Å². The number of benzene rings is 3. The summed E-state index contributed by atoms with van der Waals surface area (Å²) in [6.45, 7) is 5.87. The molecule has 0 aliphatic heterocycles. The van der Waals surface area contributed by atoms with Crippen LogP contribution in [0.25, 0.3) is 0 Å². The molecule has 0 saturated carbocycles. The summed E-state index contributed by atoms with van der Waals surface area (Å²) in [7, 11) is 0. The molecule has 3 aromatic carbocycles. The number of hydrogen-bond acceptors (Lipinski definition) is 2. The molecule has 6 heteroatoms. The van der Waals surface area contributed by atoms with Gasteiger partial charge in [-0.25, -0.2) is 0 Å². The molecule has 0 aliphatic carbocycles. The molecule has 2 amide bonds. The van der Waals surface area contributed by atoms with E-state index in [0.29, 0.717) is 22.0 Å². The average molecular weight is 511 g/mol. The second-order valence-corrected chi connectivity index (χ2v) is 9.70. The van der Waals surface area contributed by atoms with Crippen LogP contribution in [0.3, 0.4) is 0 Å². The Balaban J connectivity index is 2.00. The second kappa shape index (κ2) is 12.8. The lowest BCUT2D eigenvalue weighted by Gasteiger charge is -2.33. The van der Waals surface area contributed by atoms with E-state index >= 15 is 0 Å². The van der Waals surface area contributed by atoms with E-state index < -0.39 is 6.04 Å². The van der Waals surface area contributed by atoms with Crippen LogP contribution in [0.2, 0.25) is 10.0 Å². The van der Waals surface area contributed by atoms with Gasteiger partial charge in [0.25, 0.3) is 0 Å². The van der Waals surface area contributed by atoms with Gasteiger partial charge in [-0.2, -0.15) is 0 Å². The van der Waals surface area contributed by atoms with Gasteiger partial charge in [0.05, 0.1) is 0 Å². The molecule has 3 rings (SSSR count). The predicted octanol–water partition coefficient (Wildman–Crippen LogP) is 6.85. The molecule has 0 radical (unpaired) electrons. The molecule has 35 heavy (non-hydrogen) atoms. The van der Waals surface area contributed by atoms with E-state index in [9.17, 15) is 9.59 Å². The molecular weight excluding hydrogens is 479 g/mol. The van der Waals surface area contributed by atoms with Crippen LogP contribution in [-0.2, 0) is 16.1 Å². The zero-order valence-corrected chi connectivity index (χ0v) is 21.9. The van der Waals surface area contributed by atoms with Gasteiger partial charge in [-0.05, 0) is 43.5 Å². The fraction of sp³-hybridized carbons (Fsp3) is 0.310. The van der Waals surface area contributed by atoms with Gasteiger partial charge in [-0.3, -0.25) is 9.59 Å². The topological polar surface area (TPSA) is 49.4 Å². The van der Waals surface area contributed by atoms with Crippen molar-refractivity contribution in [2.45, 2.75) is 58.2 Å². The number of halogens is 2. The summed E-state index contributed by atoms with van der Waals surface area (Å²) in [6.07, 6.45) is 0.676. The van der Waals surface area contributed by atoms with Crippen molar-refractivity contribution in [2.24, 2.45) is 0 Å². The third-order valence-corrected chi connectivity index (χ3v) is 6.70. The highest BCUT2D eigenvalue weighted by atomic mass is 35.5. The molecule has 1 unspecified atom stereocenters. The molecule has 0 aliphatic rings. The highest BCUT2D eigenvalue weighted by Gasteiger charge is 2.32. The lowest BCUT2D eigenvalue weighted by Crippen LogP contribution is -2.50. The number of nitrogens with zero attached hydrogens (tertiary/aromatic N) is 1. The van der Waals surface area contributed by atoms with Gasteiger partial charge in [0.1, 0.15) is 6.04 Å². The Hall–Kier alpha value is -2.82. The van der Waals surface area contributed by atoms with Gasteiger partial charge in [-0.15, -0.1) is 0 Å². The van der Waals surface area contributed by atoms with Crippen LogP contribution in [0.5, 0.6) is 0 Å². The summed E-state index contributed by atoms with van der Waals surface area (Å²) in [5.74, 6) is -0.473. The number of nitrogens with one attached hydrogen (secondary N) is 1. The Morgan fingerprint density at radius 1 is 0.829 bits per heavy atom. The molecule has 1 atom stereocenters. The standard InChI is InChI=1S/C29H32Cl2N2O2/c1-4-27(29(35)32-20(2)3)33(19-24-25(30)16-11-17-26(24)31)28(34)18-23(21-12-7-5-8-13-21)22-14-9-6-10-15-22/h5-17,20,23,27H,4,18-19H2,1-3H3,(H,32,35). The van der Waals surface area contributed by atoms with Gasteiger partial charge in [0.2, 0.25) is 11.8 Å². The first-order valence-electron chi connectivity index (χ1n) is 11.9. The van der Waals surface area contributed by atoms with Crippen molar-refractivity contribution >= 4 is 35.0 Å². The fourth-order valence-corrected chi connectivity index (χ4v) is 4.76. The zero-order chi connectivity index (χ0) is 25.4. The zero-order valence-electron chi connectivity index (χ0n) is 20.4. The Labute approximate surface area is 218 Å². The van der Waals surface area contributed by atoms with E-state index in [0.717, 1.165) is 11.1 Å². The Morgan fingerprint density at radius 3 is 1.80 bits per heavy atom. The fourth-order valence-electron chi connectivity index (χ4n) is 4.24. The minimum Gasteiger partial charge on any atom is -0.352 e. The van der Waals surface area contributed by atoms with E-state index in [1.165, 1.54) is 0 Å². The number of carbonyl (C=O) groups excluding carboxylic acids is 2. The van der Waals surface area contributed by atoms with Crippen LogP contribution in [0, 0.1) is 0 Å². The maximum absolute atomic E-state index is 14.0. The number of rotatable bonds is 10. The first-order valence-corrected chi connectivity index (χ1v) is 12.7. The van der Waals surface area contributed by atoms with Crippen LogP contribution in [0.4, 0.5) is 0 Å². The van der Waals surface area contributed by atoms with Crippen molar-refractivity contribution in [2.75, 3.05) is 0 Å². The van der Waals surface area contributed by atoms with Crippen LogP contribution >= 0.6 is 23.2 Å². The minimum absolute atomic E-state index is 0.0428. The largest absolute Gasteiger partial charge is 0.352 e. The van der Waals surface area contributed by atoms with Gasteiger partial charge >= 0.3 is 0 Å². The van der Waals surface area contributed by atoms with E-state index in [1.54, 1.807) is 23.1 Å². The van der Waals surface area contributed by atoms with E-state index in [1.807, 2.05) is 81.4 Å². The van der Waals surface area contributed by atoms with Gasteiger partial charge in [0, 0.05) is 40.5 Å². The van der Waals surface area contributed by atoms with Gasteiger partial charge in [-0.1, -0.05) is 96.9 Å². The van der Waals surface area contributed by atoms with Crippen molar-refractivity contribution < 1.29 is 9.59 Å². The lowest BCUT2D eigenvalue weighted by atomic mass is 9.88. The Bertz CT molecular complexity index is 1060. The highest BCUT2D eigenvalue weighted by molar-refractivity contribution is 6.36. The Kier molecular flexibility index (Phi) is 9.76. The van der Waals surface area contributed by atoms with Gasteiger partial charge < -0.3 is 10.2 Å². The monoisotopic (exact) mass is 510 g/mol. The molecule has 0 spiro atoms. The summed E-state index contributed by atoms with van der Waals surface area (Å²) in [5, 5.41) is 3.90. The van der Waals surface area contributed by atoms with E-state index in [4.69, 9.17) is 23.2 Å². The summed E-state index contributed by atoms with van der Waals surface area (Å²) < 4.78 is 0. The van der Waals surface area contributed by atoms with Crippen LogP contribution in [0.15, 0.2) is 78.9 Å². The second-order valence-electron chi connectivity index (χ2n) is 8.89. The van der Waals surface area contributed by atoms with Crippen LogP contribution in [-0.4, -0.2) is 28.8 Å².